The SMILES string of the molecule is CNC(=O)Nc1ccc(C(=O)N[C@H](C(=O)OC(C)(C)C)C2CCCCC2)c(NC(=O)Nc2c(C)cc(C)cc2C)c1. The van der Waals surface area contributed by atoms with Gasteiger partial charge in [-0.05, 0) is 89.6 Å². The first-order chi connectivity index (χ1) is 19.3. The van der Waals surface area contributed by atoms with Crippen LogP contribution in [0.5, 0.6) is 0 Å². The lowest BCUT2D eigenvalue weighted by molar-refractivity contribution is -0.159. The number of amides is 5. The zero-order valence-electron chi connectivity index (χ0n) is 25.1. The van der Waals surface area contributed by atoms with Crippen molar-refractivity contribution in [2.45, 2.75) is 85.3 Å². The Balaban J connectivity index is 1.91. The van der Waals surface area contributed by atoms with E-state index in [1.807, 2.05) is 32.9 Å². The average Bonchev–Trinajstić information content (AvgIpc) is 2.88. The van der Waals surface area contributed by atoms with Gasteiger partial charge in [0.15, 0.2) is 0 Å². The van der Waals surface area contributed by atoms with E-state index in [1.165, 1.54) is 19.2 Å². The Morgan fingerprint density at radius 1 is 0.854 bits per heavy atom. The third-order valence-corrected chi connectivity index (χ3v) is 6.98. The summed E-state index contributed by atoms with van der Waals surface area (Å²) < 4.78 is 5.67. The van der Waals surface area contributed by atoms with Gasteiger partial charge in [0.25, 0.3) is 5.91 Å². The quantitative estimate of drug-likeness (QED) is 0.261. The van der Waals surface area contributed by atoms with Crippen LogP contribution in [-0.4, -0.2) is 42.6 Å². The van der Waals surface area contributed by atoms with Crippen molar-refractivity contribution >= 4 is 41.0 Å². The number of nitrogens with one attached hydrogen (secondary N) is 5. The molecule has 1 aliphatic carbocycles. The van der Waals surface area contributed by atoms with Gasteiger partial charge in [-0.2, -0.15) is 0 Å². The van der Waals surface area contributed by atoms with Crippen LogP contribution in [0, 0.1) is 26.7 Å². The Morgan fingerprint density at radius 3 is 2.07 bits per heavy atom. The second-order valence-electron chi connectivity index (χ2n) is 11.7. The molecule has 0 aromatic heterocycles. The van der Waals surface area contributed by atoms with Crippen LogP contribution in [0.25, 0.3) is 0 Å². The largest absolute Gasteiger partial charge is 0.458 e. The third-order valence-electron chi connectivity index (χ3n) is 6.98. The molecule has 5 amide bonds. The summed E-state index contributed by atoms with van der Waals surface area (Å²) in [4.78, 5) is 52.0. The van der Waals surface area contributed by atoms with Gasteiger partial charge < -0.3 is 31.3 Å². The zero-order valence-corrected chi connectivity index (χ0v) is 25.1. The summed E-state index contributed by atoms with van der Waals surface area (Å²) in [5, 5.41) is 13.7. The molecule has 0 bridgehead atoms. The van der Waals surface area contributed by atoms with Crippen LogP contribution in [0.3, 0.4) is 0 Å². The third kappa shape index (κ3) is 8.96. The highest BCUT2D eigenvalue weighted by atomic mass is 16.6. The van der Waals surface area contributed by atoms with Gasteiger partial charge in [-0.1, -0.05) is 37.0 Å². The van der Waals surface area contributed by atoms with Gasteiger partial charge in [0.1, 0.15) is 11.6 Å². The highest BCUT2D eigenvalue weighted by Crippen LogP contribution is 2.29. The molecule has 222 valence electrons. The van der Waals surface area contributed by atoms with Crippen molar-refractivity contribution < 1.29 is 23.9 Å². The van der Waals surface area contributed by atoms with Gasteiger partial charge in [0.05, 0.1) is 11.3 Å². The molecule has 10 heteroatoms. The van der Waals surface area contributed by atoms with E-state index in [0.29, 0.717) is 11.4 Å². The van der Waals surface area contributed by atoms with Gasteiger partial charge >= 0.3 is 18.0 Å². The molecule has 3 rings (SSSR count). The molecule has 0 radical (unpaired) electrons. The number of aryl methyl sites for hydroxylation is 3. The van der Waals surface area contributed by atoms with Crippen molar-refractivity contribution in [2.24, 2.45) is 5.92 Å². The lowest BCUT2D eigenvalue weighted by Crippen LogP contribution is -2.49. The molecule has 0 unspecified atom stereocenters. The summed E-state index contributed by atoms with van der Waals surface area (Å²) in [6.07, 6.45) is 4.66. The summed E-state index contributed by atoms with van der Waals surface area (Å²) in [6.45, 7) is 11.2. The standard InChI is InChI=1S/C31H43N5O5/c1-18-15-19(2)25(20(3)16-18)36-30(40)34-24-17-22(33-29(39)32-7)13-14-23(24)27(37)35-26(21-11-9-8-10-12-21)28(38)41-31(4,5)6/h13-17,21,26H,8-12H2,1-7H3,(H,35,37)(H2,32,33,39)(H2,34,36,40)/t26-/m0/s1. The maximum atomic E-state index is 13.7. The summed E-state index contributed by atoms with van der Waals surface area (Å²) >= 11 is 0. The van der Waals surface area contributed by atoms with Crippen LogP contribution in [0.2, 0.25) is 0 Å². The monoisotopic (exact) mass is 565 g/mol. The smallest absolute Gasteiger partial charge is 0.329 e. The maximum absolute atomic E-state index is 13.7. The van der Waals surface area contributed by atoms with Gasteiger partial charge in [0.2, 0.25) is 0 Å². The number of hydrogen-bond acceptors (Lipinski definition) is 5. The highest BCUT2D eigenvalue weighted by Gasteiger charge is 2.35. The summed E-state index contributed by atoms with van der Waals surface area (Å²) in [5.41, 5.74) is 3.52. The van der Waals surface area contributed by atoms with Crippen molar-refractivity contribution in [1.29, 1.82) is 0 Å². The lowest BCUT2D eigenvalue weighted by Gasteiger charge is -2.32. The Labute approximate surface area is 242 Å². The van der Waals surface area contributed by atoms with E-state index in [2.05, 4.69) is 26.6 Å². The number of hydrogen-bond donors (Lipinski definition) is 5. The Bertz CT molecular complexity index is 1270. The van der Waals surface area contributed by atoms with Crippen LogP contribution in [0.1, 0.15) is 79.9 Å². The number of urea groups is 2. The topological polar surface area (TPSA) is 138 Å². The number of ether oxygens (including phenoxy) is 1. The van der Waals surface area contributed by atoms with Gasteiger partial charge in [-0.15, -0.1) is 0 Å². The van der Waals surface area contributed by atoms with E-state index in [0.717, 1.165) is 48.8 Å². The first-order valence-electron chi connectivity index (χ1n) is 14.1. The Hall–Kier alpha value is -4.08. The normalized spacial score (nSPS) is 14.4. The average molecular weight is 566 g/mol. The summed E-state index contributed by atoms with van der Waals surface area (Å²) in [7, 11) is 1.48. The predicted octanol–water partition coefficient (Wildman–Crippen LogP) is 6.03. The van der Waals surface area contributed by atoms with Gasteiger partial charge in [-0.25, -0.2) is 14.4 Å². The number of anilines is 3. The summed E-state index contributed by atoms with van der Waals surface area (Å²) in [5.74, 6) is -1.06. The predicted molar refractivity (Wildman–Crippen MR) is 161 cm³/mol. The zero-order chi connectivity index (χ0) is 30.3. The number of benzene rings is 2. The molecular weight excluding hydrogens is 522 g/mol. The molecule has 2 aromatic carbocycles. The van der Waals surface area contributed by atoms with Crippen LogP contribution in [-0.2, 0) is 9.53 Å². The minimum absolute atomic E-state index is 0.0519. The molecular formula is C31H43N5O5. The molecule has 1 saturated carbocycles. The highest BCUT2D eigenvalue weighted by molar-refractivity contribution is 6.08. The molecule has 1 atom stereocenters. The molecule has 1 aliphatic rings. The second kappa shape index (κ2) is 13.5. The minimum Gasteiger partial charge on any atom is -0.458 e. The molecule has 41 heavy (non-hydrogen) atoms. The van der Waals surface area contributed by atoms with Crippen LogP contribution < -0.4 is 26.6 Å². The van der Waals surface area contributed by atoms with Gasteiger partial charge in [-0.3, -0.25) is 4.79 Å². The Morgan fingerprint density at radius 2 is 1.49 bits per heavy atom. The van der Waals surface area contributed by atoms with Crippen LogP contribution >= 0.6 is 0 Å². The maximum Gasteiger partial charge on any atom is 0.329 e. The number of esters is 1. The fourth-order valence-corrected chi connectivity index (χ4v) is 5.18. The number of rotatable bonds is 7. The first kappa shape index (κ1) is 31.4. The van der Waals surface area contributed by atoms with Crippen LogP contribution in [0.15, 0.2) is 30.3 Å². The minimum atomic E-state index is -0.828. The number of carbonyl (C=O) groups is 4. The van der Waals surface area contributed by atoms with E-state index in [1.54, 1.807) is 26.8 Å². The fourth-order valence-electron chi connectivity index (χ4n) is 5.18. The van der Waals surface area contributed by atoms with Crippen LogP contribution in [0.4, 0.5) is 26.7 Å². The van der Waals surface area contributed by atoms with Crippen molar-refractivity contribution in [1.82, 2.24) is 10.6 Å². The molecule has 5 N–H and O–H groups in total. The molecule has 10 nitrogen and oxygen atoms in total. The molecule has 0 saturated heterocycles. The van der Waals surface area contributed by atoms with E-state index in [-0.39, 0.29) is 17.2 Å². The van der Waals surface area contributed by atoms with Crippen molar-refractivity contribution in [2.75, 3.05) is 23.0 Å². The van der Waals surface area contributed by atoms with Crippen molar-refractivity contribution in [3.05, 3.63) is 52.6 Å². The number of carbonyl (C=O) groups excluding carboxylic acids is 4. The van der Waals surface area contributed by atoms with E-state index in [9.17, 15) is 19.2 Å². The van der Waals surface area contributed by atoms with E-state index >= 15 is 0 Å². The molecule has 2 aromatic rings. The lowest BCUT2D eigenvalue weighted by atomic mass is 9.83. The molecule has 0 aliphatic heterocycles. The fraction of sp³-hybridized carbons (Fsp3) is 0.484. The van der Waals surface area contributed by atoms with Gasteiger partial charge in [0, 0.05) is 18.4 Å². The van der Waals surface area contributed by atoms with E-state index < -0.39 is 35.6 Å². The molecule has 0 spiro atoms. The second-order valence-corrected chi connectivity index (χ2v) is 11.7. The first-order valence-corrected chi connectivity index (χ1v) is 14.1. The van der Waals surface area contributed by atoms with Crippen molar-refractivity contribution in [3.63, 3.8) is 0 Å². The molecule has 1 fully saturated rings. The Kier molecular flexibility index (Phi) is 10.4. The molecule has 0 heterocycles. The van der Waals surface area contributed by atoms with Crippen molar-refractivity contribution in [3.8, 4) is 0 Å². The van der Waals surface area contributed by atoms with E-state index in [4.69, 9.17) is 4.74 Å². The summed E-state index contributed by atoms with van der Waals surface area (Å²) in [6, 6.07) is 6.67.